The topological polar surface area (TPSA) is 90.9 Å². The zero-order chi connectivity index (χ0) is 16.5. The fraction of sp³-hybridized carbons (Fsp3) is 0.357. The summed E-state index contributed by atoms with van der Waals surface area (Å²) in [6.45, 7) is 2.64. The predicted molar refractivity (Wildman–Crippen MR) is 80.4 cm³/mol. The minimum atomic E-state index is -0.892. The molecule has 0 bridgehead atoms. The third-order valence-corrected chi connectivity index (χ3v) is 2.85. The molecule has 120 valence electrons. The van der Waals surface area contributed by atoms with Gasteiger partial charge in [-0.25, -0.2) is 9.59 Å². The summed E-state index contributed by atoms with van der Waals surface area (Å²) < 4.78 is 15.5. The van der Waals surface area contributed by atoms with Crippen LogP contribution in [-0.4, -0.2) is 37.3 Å². The number of esters is 1. The van der Waals surface area contributed by atoms with Gasteiger partial charge in [-0.1, -0.05) is 15.9 Å². The molecule has 0 aliphatic heterocycles. The number of benzene rings is 1. The monoisotopic (exact) mass is 373 g/mol. The number of halogens is 1. The molecular weight excluding hydrogens is 358 g/mol. The first-order valence-corrected chi connectivity index (χ1v) is 7.27. The van der Waals surface area contributed by atoms with E-state index in [0.29, 0.717) is 5.75 Å². The molecule has 1 rings (SSSR count). The lowest BCUT2D eigenvalue weighted by atomic mass is 10.3. The Morgan fingerprint density at radius 1 is 1.18 bits per heavy atom. The van der Waals surface area contributed by atoms with Gasteiger partial charge in [-0.05, 0) is 38.1 Å². The van der Waals surface area contributed by atoms with Crippen LogP contribution in [0.3, 0.4) is 0 Å². The second kappa shape index (κ2) is 9.04. The molecule has 22 heavy (non-hydrogen) atoms. The number of carbonyl (C=O) groups is 3. The smallest absolute Gasteiger partial charge is 0.413 e. The highest BCUT2D eigenvalue weighted by Gasteiger charge is 2.18. The quantitative estimate of drug-likeness (QED) is 0.767. The molecule has 0 radical (unpaired) electrons. The number of imide groups is 1. The highest BCUT2D eigenvalue weighted by molar-refractivity contribution is 9.10. The first-order chi connectivity index (χ1) is 10.4. The average Bonchev–Trinajstić information content (AvgIpc) is 2.47. The maximum Gasteiger partial charge on any atom is 0.413 e. The van der Waals surface area contributed by atoms with E-state index in [0.717, 1.165) is 4.47 Å². The van der Waals surface area contributed by atoms with Gasteiger partial charge < -0.3 is 14.2 Å². The minimum absolute atomic E-state index is 0.136. The van der Waals surface area contributed by atoms with Gasteiger partial charge in [0.1, 0.15) is 5.75 Å². The molecule has 1 atom stereocenters. The molecule has 0 aromatic heterocycles. The number of alkyl carbamates (subject to hydrolysis) is 1. The van der Waals surface area contributed by atoms with Crippen LogP contribution in [0.25, 0.3) is 0 Å². The molecule has 0 spiro atoms. The normalized spacial score (nSPS) is 11.2. The maximum absolute atomic E-state index is 11.7. The molecule has 0 saturated heterocycles. The van der Waals surface area contributed by atoms with Crippen molar-refractivity contribution in [2.75, 3.05) is 13.2 Å². The van der Waals surface area contributed by atoms with E-state index in [4.69, 9.17) is 9.47 Å². The van der Waals surface area contributed by atoms with E-state index in [1.807, 2.05) is 5.32 Å². The summed E-state index contributed by atoms with van der Waals surface area (Å²) in [7, 11) is 0. The highest BCUT2D eigenvalue weighted by atomic mass is 79.9. The van der Waals surface area contributed by atoms with Crippen molar-refractivity contribution >= 4 is 33.9 Å². The zero-order valence-corrected chi connectivity index (χ0v) is 13.7. The molecule has 1 aromatic rings. The van der Waals surface area contributed by atoms with E-state index < -0.39 is 30.7 Å². The van der Waals surface area contributed by atoms with Crippen LogP contribution in [0.5, 0.6) is 5.75 Å². The number of ether oxygens (including phenoxy) is 3. The van der Waals surface area contributed by atoms with Gasteiger partial charge in [0.05, 0.1) is 6.61 Å². The Hall–Kier alpha value is -2.09. The van der Waals surface area contributed by atoms with Crippen LogP contribution in [0.2, 0.25) is 0 Å². The van der Waals surface area contributed by atoms with E-state index in [9.17, 15) is 14.4 Å². The van der Waals surface area contributed by atoms with Crippen LogP contribution in [0.15, 0.2) is 28.7 Å². The maximum atomic E-state index is 11.7. The number of rotatable bonds is 6. The molecule has 0 saturated carbocycles. The van der Waals surface area contributed by atoms with E-state index in [1.165, 1.54) is 6.92 Å². The SMILES string of the molecule is CCOC(=O)NC(=O)COC(=O)[C@@H](C)Oc1ccc(Br)cc1. The second-order valence-corrected chi connectivity index (χ2v) is 5.01. The van der Waals surface area contributed by atoms with Crippen molar-refractivity contribution in [3.8, 4) is 5.75 Å². The van der Waals surface area contributed by atoms with Crippen molar-refractivity contribution in [3.05, 3.63) is 28.7 Å². The van der Waals surface area contributed by atoms with Gasteiger partial charge in [0.2, 0.25) is 0 Å². The Labute approximate surface area is 136 Å². The molecule has 1 aromatic carbocycles. The van der Waals surface area contributed by atoms with Crippen LogP contribution in [-0.2, 0) is 19.1 Å². The third-order valence-electron chi connectivity index (χ3n) is 2.32. The summed E-state index contributed by atoms with van der Waals surface area (Å²) in [6, 6.07) is 6.89. The van der Waals surface area contributed by atoms with Gasteiger partial charge in [-0.3, -0.25) is 10.1 Å². The predicted octanol–water partition coefficient (Wildman–Crippen LogP) is 2.03. The van der Waals surface area contributed by atoms with Gasteiger partial charge in [0.25, 0.3) is 5.91 Å². The number of carbonyl (C=O) groups excluding carboxylic acids is 3. The van der Waals surface area contributed by atoms with Crippen LogP contribution >= 0.6 is 15.9 Å². The molecule has 7 nitrogen and oxygen atoms in total. The van der Waals surface area contributed by atoms with Crippen LogP contribution in [0, 0.1) is 0 Å². The Morgan fingerprint density at radius 2 is 1.82 bits per heavy atom. The van der Waals surface area contributed by atoms with Crippen molar-refractivity contribution < 1.29 is 28.6 Å². The van der Waals surface area contributed by atoms with E-state index >= 15 is 0 Å². The largest absolute Gasteiger partial charge is 0.479 e. The number of hydrogen-bond acceptors (Lipinski definition) is 6. The molecule has 0 aliphatic rings. The summed E-state index contributed by atoms with van der Waals surface area (Å²) in [5.74, 6) is -1.01. The van der Waals surface area contributed by atoms with E-state index in [-0.39, 0.29) is 6.61 Å². The van der Waals surface area contributed by atoms with Gasteiger partial charge >= 0.3 is 12.1 Å². The lowest BCUT2D eigenvalue weighted by molar-refractivity contribution is -0.154. The Bertz CT molecular complexity index is 531. The summed E-state index contributed by atoms with van der Waals surface area (Å²) in [5, 5.41) is 1.91. The summed E-state index contributed by atoms with van der Waals surface area (Å²) in [6.07, 6.45) is -1.78. The molecule has 8 heteroatoms. The molecule has 1 N–H and O–H groups in total. The van der Waals surface area contributed by atoms with Gasteiger partial charge in [0, 0.05) is 4.47 Å². The first kappa shape index (κ1) is 18.0. The van der Waals surface area contributed by atoms with E-state index in [1.54, 1.807) is 31.2 Å². The van der Waals surface area contributed by atoms with Crippen molar-refractivity contribution in [1.29, 1.82) is 0 Å². The Balaban J connectivity index is 2.36. The van der Waals surface area contributed by atoms with Gasteiger partial charge in [0.15, 0.2) is 12.7 Å². The lowest BCUT2D eigenvalue weighted by Gasteiger charge is -2.13. The van der Waals surface area contributed by atoms with Crippen LogP contribution in [0.1, 0.15) is 13.8 Å². The Morgan fingerprint density at radius 3 is 2.41 bits per heavy atom. The van der Waals surface area contributed by atoms with Crippen LogP contribution in [0.4, 0.5) is 4.79 Å². The summed E-state index contributed by atoms with van der Waals surface area (Å²) >= 11 is 3.28. The van der Waals surface area contributed by atoms with Crippen molar-refractivity contribution in [2.24, 2.45) is 0 Å². The summed E-state index contributed by atoms with van der Waals surface area (Å²) in [4.78, 5) is 34.0. The zero-order valence-electron chi connectivity index (χ0n) is 12.1. The first-order valence-electron chi connectivity index (χ1n) is 6.47. The average molecular weight is 374 g/mol. The standard InChI is InChI=1S/C14H16BrNO6/c1-3-20-14(19)16-12(17)8-21-13(18)9(2)22-11-6-4-10(15)5-7-11/h4-7,9H,3,8H2,1-2H3,(H,16,17,19)/t9-/m1/s1. The Kier molecular flexibility index (Phi) is 7.38. The fourth-order valence-corrected chi connectivity index (χ4v) is 1.60. The lowest BCUT2D eigenvalue weighted by Crippen LogP contribution is -2.36. The fourth-order valence-electron chi connectivity index (χ4n) is 1.34. The van der Waals surface area contributed by atoms with Crippen LogP contribution < -0.4 is 10.1 Å². The van der Waals surface area contributed by atoms with Crippen molar-refractivity contribution in [1.82, 2.24) is 5.32 Å². The summed E-state index contributed by atoms with van der Waals surface area (Å²) in [5.41, 5.74) is 0. The third kappa shape index (κ3) is 6.57. The van der Waals surface area contributed by atoms with Gasteiger partial charge in [-0.2, -0.15) is 0 Å². The van der Waals surface area contributed by atoms with Gasteiger partial charge in [-0.15, -0.1) is 0 Å². The number of hydrogen-bond donors (Lipinski definition) is 1. The minimum Gasteiger partial charge on any atom is -0.479 e. The molecular formula is C14H16BrNO6. The van der Waals surface area contributed by atoms with Crippen molar-refractivity contribution in [2.45, 2.75) is 20.0 Å². The molecule has 2 amide bonds. The molecule has 0 fully saturated rings. The number of nitrogens with one attached hydrogen (secondary N) is 1. The molecule has 0 unspecified atom stereocenters. The molecule has 0 aliphatic carbocycles. The second-order valence-electron chi connectivity index (χ2n) is 4.09. The molecule has 0 heterocycles. The van der Waals surface area contributed by atoms with Crippen molar-refractivity contribution in [3.63, 3.8) is 0 Å². The number of amides is 2. The van der Waals surface area contributed by atoms with E-state index in [2.05, 4.69) is 20.7 Å². The highest BCUT2D eigenvalue weighted by Crippen LogP contribution is 2.17.